The van der Waals surface area contributed by atoms with E-state index in [2.05, 4.69) is 16.4 Å². The van der Waals surface area contributed by atoms with E-state index in [0.717, 1.165) is 27.9 Å². The molecule has 0 saturated carbocycles. The smallest absolute Gasteiger partial charge is 0.0587 e. The van der Waals surface area contributed by atoms with Crippen molar-refractivity contribution in [1.29, 1.82) is 0 Å². The molecule has 0 fully saturated rings. The Morgan fingerprint density at radius 2 is 2.05 bits per heavy atom. The molecule has 0 atom stereocenters. The van der Waals surface area contributed by atoms with Gasteiger partial charge in [0.15, 0.2) is 0 Å². The standard InChI is InChI=1S/C15H17ClN2OS/c1-19-10-9-18-11-12-3-2-4-14(16)15(12)20-13-5-7-17-8-6-13/h2-8,18H,9-11H2,1H3. The number of hydrogen-bond acceptors (Lipinski definition) is 4. The summed E-state index contributed by atoms with van der Waals surface area (Å²) in [6, 6.07) is 9.96. The van der Waals surface area contributed by atoms with Crippen LogP contribution in [0.4, 0.5) is 0 Å². The van der Waals surface area contributed by atoms with Gasteiger partial charge in [0.25, 0.3) is 0 Å². The predicted octanol–water partition coefficient (Wildman–Crippen LogP) is 3.62. The van der Waals surface area contributed by atoms with Crippen molar-refractivity contribution in [2.75, 3.05) is 20.3 Å². The van der Waals surface area contributed by atoms with Gasteiger partial charge in [0, 0.05) is 42.4 Å². The molecule has 2 aromatic rings. The van der Waals surface area contributed by atoms with Gasteiger partial charge >= 0.3 is 0 Å². The topological polar surface area (TPSA) is 34.1 Å². The summed E-state index contributed by atoms with van der Waals surface area (Å²) in [6.07, 6.45) is 3.57. The van der Waals surface area contributed by atoms with Crippen molar-refractivity contribution in [3.63, 3.8) is 0 Å². The van der Waals surface area contributed by atoms with E-state index >= 15 is 0 Å². The highest BCUT2D eigenvalue weighted by Gasteiger charge is 2.08. The van der Waals surface area contributed by atoms with Crippen molar-refractivity contribution in [2.24, 2.45) is 0 Å². The molecule has 1 aromatic heterocycles. The highest BCUT2D eigenvalue weighted by atomic mass is 35.5. The number of rotatable bonds is 7. The fourth-order valence-corrected chi connectivity index (χ4v) is 2.97. The highest BCUT2D eigenvalue weighted by Crippen LogP contribution is 2.35. The summed E-state index contributed by atoms with van der Waals surface area (Å²) < 4.78 is 5.03. The van der Waals surface area contributed by atoms with Crippen molar-refractivity contribution >= 4 is 23.4 Å². The third kappa shape index (κ3) is 4.49. The average molecular weight is 309 g/mol. The molecule has 0 aliphatic rings. The van der Waals surface area contributed by atoms with Gasteiger partial charge in [-0.15, -0.1) is 0 Å². The fraction of sp³-hybridized carbons (Fsp3) is 0.267. The lowest BCUT2D eigenvalue weighted by atomic mass is 10.2. The quantitative estimate of drug-likeness (QED) is 0.792. The monoisotopic (exact) mass is 308 g/mol. The van der Waals surface area contributed by atoms with E-state index < -0.39 is 0 Å². The predicted molar refractivity (Wildman–Crippen MR) is 83.4 cm³/mol. The fourth-order valence-electron chi connectivity index (χ4n) is 1.73. The molecule has 106 valence electrons. The van der Waals surface area contributed by atoms with E-state index in [1.165, 1.54) is 5.56 Å². The SMILES string of the molecule is COCCNCc1cccc(Cl)c1Sc1ccncc1. The first-order chi connectivity index (χ1) is 9.81. The Hall–Kier alpha value is -1.07. The molecule has 0 saturated heterocycles. The van der Waals surface area contributed by atoms with Crippen LogP contribution in [0, 0.1) is 0 Å². The van der Waals surface area contributed by atoms with Crippen LogP contribution in [0.2, 0.25) is 5.02 Å². The number of benzene rings is 1. The van der Waals surface area contributed by atoms with Gasteiger partial charge in [0.2, 0.25) is 0 Å². The highest BCUT2D eigenvalue weighted by molar-refractivity contribution is 7.99. The van der Waals surface area contributed by atoms with Gasteiger partial charge < -0.3 is 10.1 Å². The Morgan fingerprint density at radius 3 is 2.80 bits per heavy atom. The Labute approximate surface area is 128 Å². The molecule has 20 heavy (non-hydrogen) atoms. The van der Waals surface area contributed by atoms with Gasteiger partial charge in [0.05, 0.1) is 11.6 Å². The average Bonchev–Trinajstić information content (AvgIpc) is 2.48. The number of hydrogen-bond donors (Lipinski definition) is 1. The lowest BCUT2D eigenvalue weighted by molar-refractivity contribution is 0.199. The van der Waals surface area contributed by atoms with Crippen LogP contribution in [0.3, 0.4) is 0 Å². The van der Waals surface area contributed by atoms with E-state index in [0.29, 0.717) is 6.61 Å². The molecule has 0 aliphatic heterocycles. The number of halogens is 1. The number of nitrogens with one attached hydrogen (secondary N) is 1. The molecule has 2 rings (SSSR count). The molecule has 1 aromatic carbocycles. The van der Waals surface area contributed by atoms with E-state index in [1.54, 1.807) is 31.3 Å². The molecule has 3 nitrogen and oxygen atoms in total. The van der Waals surface area contributed by atoms with E-state index in [9.17, 15) is 0 Å². The summed E-state index contributed by atoms with van der Waals surface area (Å²) in [4.78, 5) is 6.25. The Bertz CT molecular complexity index is 537. The molecular formula is C15H17ClN2OS. The second kappa shape index (κ2) is 8.27. The summed E-state index contributed by atoms with van der Waals surface area (Å²) >= 11 is 7.99. The first-order valence-corrected chi connectivity index (χ1v) is 7.55. The molecule has 0 aliphatic carbocycles. The second-order valence-electron chi connectivity index (χ2n) is 4.18. The van der Waals surface area contributed by atoms with E-state index in [4.69, 9.17) is 16.3 Å². The minimum atomic E-state index is 0.702. The normalized spacial score (nSPS) is 10.7. The summed E-state index contributed by atoms with van der Waals surface area (Å²) in [7, 11) is 1.70. The van der Waals surface area contributed by atoms with Crippen LogP contribution in [-0.2, 0) is 11.3 Å². The van der Waals surface area contributed by atoms with Gasteiger partial charge in [-0.3, -0.25) is 4.98 Å². The van der Waals surface area contributed by atoms with Gasteiger partial charge in [-0.05, 0) is 23.8 Å². The number of methoxy groups -OCH3 is 1. The molecule has 0 amide bonds. The lowest BCUT2D eigenvalue weighted by Crippen LogP contribution is -2.18. The maximum atomic E-state index is 6.33. The van der Waals surface area contributed by atoms with Crippen LogP contribution in [0.15, 0.2) is 52.5 Å². The third-order valence-electron chi connectivity index (χ3n) is 2.72. The van der Waals surface area contributed by atoms with Crippen LogP contribution >= 0.6 is 23.4 Å². The molecule has 1 N–H and O–H groups in total. The minimum Gasteiger partial charge on any atom is -0.383 e. The van der Waals surface area contributed by atoms with Crippen LogP contribution in [0.5, 0.6) is 0 Å². The summed E-state index contributed by atoms with van der Waals surface area (Å²) in [5.74, 6) is 0. The van der Waals surface area contributed by atoms with Gasteiger partial charge in [-0.25, -0.2) is 0 Å². The number of aromatic nitrogens is 1. The van der Waals surface area contributed by atoms with Crippen molar-refractivity contribution < 1.29 is 4.74 Å². The summed E-state index contributed by atoms with van der Waals surface area (Å²) in [6.45, 7) is 2.30. The zero-order valence-corrected chi connectivity index (χ0v) is 12.9. The number of ether oxygens (including phenoxy) is 1. The zero-order chi connectivity index (χ0) is 14.2. The number of nitrogens with zero attached hydrogens (tertiary/aromatic N) is 1. The number of pyridine rings is 1. The molecule has 0 spiro atoms. The lowest BCUT2D eigenvalue weighted by Gasteiger charge is -2.12. The Morgan fingerprint density at radius 1 is 1.25 bits per heavy atom. The van der Waals surface area contributed by atoms with Crippen LogP contribution in [0.25, 0.3) is 0 Å². The summed E-state index contributed by atoms with van der Waals surface area (Å²) in [5, 5.41) is 4.12. The van der Waals surface area contributed by atoms with Crippen LogP contribution < -0.4 is 5.32 Å². The second-order valence-corrected chi connectivity index (χ2v) is 5.67. The maximum absolute atomic E-state index is 6.33. The first kappa shape index (κ1) is 15.3. The van der Waals surface area contributed by atoms with Gasteiger partial charge in [0.1, 0.15) is 0 Å². The molecule has 5 heteroatoms. The van der Waals surface area contributed by atoms with Crippen molar-refractivity contribution in [2.45, 2.75) is 16.3 Å². The first-order valence-electron chi connectivity index (χ1n) is 6.36. The molecule has 0 radical (unpaired) electrons. The van der Waals surface area contributed by atoms with Crippen molar-refractivity contribution in [1.82, 2.24) is 10.3 Å². The van der Waals surface area contributed by atoms with Gasteiger partial charge in [-0.2, -0.15) is 0 Å². The van der Waals surface area contributed by atoms with Crippen molar-refractivity contribution in [3.05, 3.63) is 53.3 Å². The third-order valence-corrected chi connectivity index (χ3v) is 4.34. The molecule has 0 unspecified atom stereocenters. The summed E-state index contributed by atoms with van der Waals surface area (Å²) in [5.41, 5.74) is 1.19. The molecular weight excluding hydrogens is 292 g/mol. The van der Waals surface area contributed by atoms with Crippen LogP contribution in [-0.4, -0.2) is 25.2 Å². The van der Waals surface area contributed by atoms with Crippen LogP contribution in [0.1, 0.15) is 5.56 Å². The van der Waals surface area contributed by atoms with Crippen molar-refractivity contribution in [3.8, 4) is 0 Å². The Balaban J connectivity index is 2.10. The zero-order valence-electron chi connectivity index (χ0n) is 11.3. The maximum Gasteiger partial charge on any atom is 0.0587 e. The van der Waals surface area contributed by atoms with E-state index in [-0.39, 0.29) is 0 Å². The molecule has 1 heterocycles. The minimum absolute atomic E-state index is 0.702. The van der Waals surface area contributed by atoms with E-state index in [1.807, 2.05) is 24.3 Å². The molecule has 0 bridgehead atoms. The largest absolute Gasteiger partial charge is 0.383 e. The Kier molecular flexibility index (Phi) is 6.33. The van der Waals surface area contributed by atoms with Gasteiger partial charge in [-0.1, -0.05) is 35.5 Å².